The summed E-state index contributed by atoms with van der Waals surface area (Å²) < 4.78 is 2.30. The predicted octanol–water partition coefficient (Wildman–Crippen LogP) is 5.57. The third-order valence-corrected chi connectivity index (χ3v) is 13.7. The molecule has 0 amide bonds. The fourth-order valence-corrected chi connectivity index (χ4v) is 9.89. The molecule has 5 heteroatoms. The van der Waals surface area contributed by atoms with Crippen LogP contribution in [0.15, 0.2) is 122 Å². The molecule has 7 rings (SSSR count). The Bertz CT molecular complexity index is 1880. The minimum atomic E-state index is -2.01. The van der Waals surface area contributed by atoms with E-state index in [1.54, 1.807) is 0 Å². The Labute approximate surface area is 210 Å². The topological polar surface area (TPSA) is 30.2 Å². The average Bonchev–Trinajstić information content (AvgIpc) is 3.33. The molecule has 0 spiro atoms. The van der Waals surface area contributed by atoms with E-state index in [1.165, 1.54) is 32.2 Å². The number of aromatic nitrogens is 3. The molecule has 0 saturated carbocycles. The number of pyridine rings is 2. The van der Waals surface area contributed by atoms with Gasteiger partial charge in [0.05, 0.1) is 0 Å². The van der Waals surface area contributed by atoms with Gasteiger partial charge in [-0.25, -0.2) is 0 Å². The monoisotopic (exact) mass is 533 g/mol. The first-order chi connectivity index (χ1) is 17.2. The number of hydrogen-bond donors (Lipinski definition) is 0. The van der Waals surface area contributed by atoms with Crippen LogP contribution in [0, 0.1) is 0 Å². The SMILES string of the molecule is [Se]=P(c1ccccc1)(c1cccnc1)c1ccc2c(c1)c1ccccc1n1c3ccccc3nc21. The molecule has 1 atom stereocenters. The van der Waals surface area contributed by atoms with Crippen molar-refractivity contribution in [2.75, 3.05) is 0 Å². The Morgan fingerprint density at radius 3 is 2.17 bits per heavy atom. The standard InChI is InChI=1S/C30H20N3PSe/c35-34(21-9-2-1-3-10-21,23-11-8-18-31-20-23)22-16-17-25-26(19-22)24-12-4-6-14-28(24)33-29-15-7-5-13-27(29)32-30(25)33/h1-20H. The van der Waals surface area contributed by atoms with E-state index in [1.807, 2.05) is 18.5 Å². The molecule has 7 aromatic rings. The second-order valence-corrected chi connectivity index (χ2v) is 14.9. The summed E-state index contributed by atoms with van der Waals surface area (Å²) in [6.07, 6.45) is 3.84. The van der Waals surface area contributed by atoms with Crippen LogP contribution in [-0.2, 0) is 0 Å². The molecular weight excluding hydrogens is 512 g/mol. The van der Waals surface area contributed by atoms with Crippen molar-refractivity contribution in [3.8, 4) is 0 Å². The number of benzene rings is 4. The van der Waals surface area contributed by atoms with Crippen LogP contribution in [0.3, 0.4) is 0 Å². The van der Waals surface area contributed by atoms with E-state index in [9.17, 15) is 0 Å². The first-order valence-electron chi connectivity index (χ1n) is 11.5. The second kappa shape index (κ2) is 8.00. The molecule has 0 radical (unpaired) electrons. The Balaban J connectivity index is 1.62. The van der Waals surface area contributed by atoms with Crippen LogP contribution in [0.1, 0.15) is 0 Å². The Morgan fingerprint density at radius 1 is 0.600 bits per heavy atom. The van der Waals surface area contributed by atoms with Crippen molar-refractivity contribution in [1.29, 1.82) is 0 Å². The molecule has 4 aromatic carbocycles. The molecule has 166 valence electrons. The Morgan fingerprint density at radius 2 is 1.34 bits per heavy atom. The van der Waals surface area contributed by atoms with Crippen molar-refractivity contribution in [1.82, 2.24) is 14.4 Å². The third kappa shape index (κ3) is 3.08. The molecule has 35 heavy (non-hydrogen) atoms. The van der Waals surface area contributed by atoms with Crippen molar-refractivity contribution in [3.05, 3.63) is 122 Å². The number of rotatable bonds is 3. The predicted molar refractivity (Wildman–Crippen MR) is 150 cm³/mol. The number of nitrogens with zero attached hydrogens (tertiary/aromatic N) is 3. The van der Waals surface area contributed by atoms with Crippen LogP contribution in [0.2, 0.25) is 0 Å². The van der Waals surface area contributed by atoms with Crippen LogP contribution in [-0.4, -0.2) is 29.5 Å². The zero-order chi connectivity index (χ0) is 23.4. The second-order valence-electron chi connectivity index (χ2n) is 8.66. The first-order valence-corrected chi connectivity index (χ1v) is 15.5. The summed E-state index contributed by atoms with van der Waals surface area (Å²) >= 11 is 3.66. The van der Waals surface area contributed by atoms with Crippen molar-refractivity contribution < 1.29 is 0 Å². The van der Waals surface area contributed by atoms with Crippen LogP contribution in [0.25, 0.3) is 38.4 Å². The van der Waals surface area contributed by atoms with Gasteiger partial charge >= 0.3 is 211 Å². The van der Waals surface area contributed by atoms with Gasteiger partial charge in [-0.1, -0.05) is 0 Å². The molecule has 0 aliphatic heterocycles. The third-order valence-electron chi connectivity index (χ3n) is 6.73. The van der Waals surface area contributed by atoms with Crippen molar-refractivity contribution in [3.63, 3.8) is 0 Å². The molecule has 0 N–H and O–H groups in total. The van der Waals surface area contributed by atoms with Crippen LogP contribution < -0.4 is 15.9 Å². The molecule has 0 bridgehead atoms. The van der Waals surface area contributed by atoms with Gasteiger partial charge in [0.1, 0.15) is 0 Å². The Hall–Kier alpha value is -3.55. The summed E-state index contributed by atoms with van der Waals surface area (Å²) in [7, 11) is 0. The summed E-state index contributed by atoms with van der Waals surface area (Å²) in [5.74, 6) is 0. The van der Waals surface area contributed by atoms with Gasteiger partial charge < -0.3 is 0 Å². The van der Waals surface area contributed by atoms with Crippen molar-refractivity contribution >= 4 is 74.9 Å². The zero-order valence-corrected chi connectivity index (χ0v) is 21.4. The van der Waals surface area contributed by atoms with Gasteiger partial charge in [-0.3, -0.25) is 0 Å². The summed E-state index contributed by atoms with van der Waals surface area (Å²) in [4.78, 5) is 9.53. The van der Waals surface area contributed by atoms with Gasteiger partial charge in [-0.05, 0) is 0 Å². The van der Waals surface area contributed by atoms with Crippen LogP contribution in [0.5, 0.6) is 0 Å². The van der Waals surface area contributed by atoms with E-state index < -0.39 is 5.51 Å². The van der Waals surface area contributed by atoms with E-state index in [0.29, 0.717) is 0 Å². The number of para-hydroxylation sites is 3. The Kier molecular flexibility index (Phi) is 4.75. The van der Waals surface area contributed by atoms with Gasteiger partial charge in [-0.2, -0.15) is 0 Å². The quantitative estimate of drug-likeness (QED) is 0.169. The minimum absolute atomic E-state index is 0.997. The van der Waals surface area contributed by atoms with Gasteiger partial charge in [0.25, 0.3) is 0 Å². The van der Waals surface area contributed by atoms with Gasteiger partial charge in [0.15, 0.2) is 0 Å². The van der Waals surface area contributed by atoms with E-state index >= 15 is 0 Å². The summed E-state index contributed by atoms with van der Waals surface area (Å²) in [5.41, 5.74) is 2.30. The zero-order valence-electron chi connectivity index (χ0n) is 18.7. The van der Waals surface area contributed by atoms with Crippen molar-refractivity contribution in [2.45, 2.75) is 0 Å². The maximum absolute atomic E-state index is 5.06. The summed E-state index contributed by atoms with van der Waals surface area (Å²) in [6, 6.07) is 38.9. The van der Waals surface area contributed by atoms with E-state index in [-0.39, 0.29) is 0 Å². The van der Waals surface area contributed by atoms with E-state index in [4.69, 9.17) is 4.98 Å². The van der Waals surface area contributed by atoms with Crippen LogP contribution >= 0.6 is 5.51 Å². The number of hydrogen-bond acceptors (Lipinski definition) is 2. The van der Waals surface area contributed by atoms with Gasteiger partial charge in [-0.15, -0.1) is 0 Å². The summed E-state index contributed by atoms with van der Waals surface area (Å²) in [6.45, 7) is 0. The average molecular weight is 532 g/mol. The van der Waals surface area contributed by atoms with Gasteiger partial charge in [0.2, 0.25) is 0 Å². The fourth-order valence-electron chi connectivity index (χ4n) is 5.12. The first kappa shape index (κ1) is 20.8. The number of fused-ring (bicyclic) bond motifs is 8. The molecule has 3 heterocycles. The van der Waals surface area contributed by atoms with Crippen molar-refractivity contribution in [2.24, 2.45) is 0 Å². The molecule has 0 aliphatic rings. The molecule has 0 aliphatic carbocycles. The fraction of sp³-hybridized carbons (Fsp3) is 0. The molecule has 0 fully saturated rings. The number of imidazole rings is 1. The molecule has 3 aromatic heterocycles. The normalized spacial score (nSPS) is 13.5. The maximum atomic E-state index is 5.06. The van der Waals surface area contributed by atoms with Crippen LogP contribution in [0.4, 0.5) is 0 Å². The summed E-state index contributed by atoms with van der Waals surface area (Å²) in [5, 5.41) is 7.42. The molecule has 0 saturated heterocycles. The van der Waals surface area contributed by atoms with E-state index in [2.05, 4.69) is 128 Å². The molecule has 1 unspecified atom stereocenters. The van der Waals surface area contributed by atoms with Gasteiger partial charge in [0, 0.05) is 0 Å². The van der Waals surface area contributed by atoms with E-state index in [0.717, 1.165) is 22.1 Å². The molecular formula is C30H20N3PSe. The molecule has 3 nitrogen and oxygen atoms in total.